The molecule has 2 aromatic rings. The standard InChI is InChI=1S/C12H8BrFOS2/c13-12-6-5-11(17-12)10(15)7-16-9-3-1-8(14)2-4-9/h1-6H,7H2. The first-order chi connectivity index (χ1) is 8.15. The van der Waals surface area contributed by atoms with E-state index in [-0.39, 0.29) is 11.6 Å². The maximum atomic E-state index is 12.7. The van der Waals surface area contributed by atoms with Crippen molar-refractivity contribution in [3.63, 3.8) is 0 Å². The molecule has 0 radical (unpaired) electrons. The number of rotatable bonds is 4. The minimum Gasteiger partial charge on any atom is -0.292 e. The molecule has 0 saturated heterocycles. The van der Waals surface area contributed by atoms with Crippen LogP contribution in [0.15, 0.2) is 45.1 Å². The van der Waals surface area contributed by atoms with Crippen molar-refractivity contribution in [1.29, 1.82) is 0 Å². The Hall–Kier alpha value is -0.650. The highest BCUT2D eigenvalue weighted by Crippen LogP contribution is 2.25. The highest BCUT2D eigenvalue weighted by atomic mass is 79.9. The van der Waals surface area contributed by atoms with Crippen LogP contribution in [0.3, 0.4) is 0 Å². The third kappa shape index (κ3) is 3.66. The van der Waals surface area contributed by atoms with Gasteiger partial charge >= 0.3 is 0 Å². The van der Waals surface area contributed by atoms with Crippen molar-refractivity contribution < 1.29 is 9.18 Å². The number of carbonyl (C=O) groups is 1. The van der Waals surface area contributed by atoms with Crippen LogP contribution in [0.4, 0.5) is 4.39 Å². The molecule has 0 aliphatic heterocycles. The normalized spacial score (nSPS) is 10.5. The van der Waals surface area contributed by atoms with Crippen LogP contribution < -0.4 is 0 Å². The highest BCUT2D eigenvalue weighted by molar-refractivity contribution is 9.11. The minimum atomic E-state index is -0.261. The SMILES string of the molecule is O=C(CSc1ccc(F)cc1)c1ccc(Br)s1. The predicted molar refractivity (Wildman–Crippen MR) is 73.5 cm³/mol. The van der Waals surface area contributed by atoms with Gasteiger partial charge in [-0.05, 0) is 52.3 Å². The first-order valence-electron chi connectivity index (χ1n) is 4.82. The summed E-state index contributed by atoms with van der Waals surface area (Å²) in [5.41, 5.74) is 0. The topological polar surface area (TPSA) is 17.1 Å². The van der Waals surface area contributed by atoms with E-state index in [2.05, 4.69) is 15.9 Å². The van der Waals surface area contributed by atoms with Gasteiger partial charge in [-0.1, -0.05) is 0 Å². The molecule has 17 heavy (non-hydrogen) atoms. The van der Waals surface area contributed by atoms with Crippen molar-refractivity contribution in [3.8, 4) is 0 Å². The zero-order chi connectivity index (χ0) is 12.3. The number of thiophene rings is 1. The lowest BCUT2D eigenvalue weighted by molar-refractivity contribution is 0.102. The molecule has 5 heteroatoms. The van der Waals surface area contributed by atoms with Crippen LogP contribution in [0, 0.1) is 5.82 Å². The third-order valence-electron chi connectivity index (χ3n) is 2.03. The summed E-state index contributed by atoms with van der Waals surface area (Å²) in [7, 11) is 0. The third-order valence-corrected chi connectivity index (χ3v) is 4.71. The molecular weight excluding hydrogens is 323 g/mol. The van der Waals surface area contributed by atoms with Gasteiger partial charge in [-0.15, -0.1) is 23.1 Å². The second-order valence-corrected chi connectivity index (χ2v) is 6.78. The van der Waals surface area contributed by atoms with Crippen molar-refractivity contribution in [2.45, 2.75) is 4.90 Å². The molecule has 0 atom stereocenters. The van der Waals surface area contributed by atoms with Crippen LogP contribution in [0.5, 0.6) is 0 Å². The molecular formula is C12H8BrFOS2. The fourth-order valence-electron chi connectivity index (χ4n) is 1.21. The van der Waals surface area contributed by atoms with E-state index in [0.717, 1.165) is 13.6 Å². The monoisotopic (exact) mass is 330 g/mol. The van der Waals surface area contributed by atoms with Gasteiger partial charge in [0.15, 0.2) is 5.78 Å². The van der Waals surface area contributed by atoms with Crippen LogP contribution in [0.2, 0.25) is 0 Å². The van der Waals surface area contributed by atoms with Gasteiger partial charge in [-0.2, -0.15) is 0 Å². The van der Waals surface area contributed by atoms with Gasteiger partial charge in [0.1, 0.15) is 5.82 Å². The van der Waals surface area contributed by atoms with E-state index in [0.29, 0.717) is 5.75 Å². The number of carbonyl (C=O) groups excluding carboxylic acids is 1. The summed E-state index contributed by atoms with van der Waals surface area (Å²) < 4.78 is 13.6. The summed E-state index contributed by atoms with van der Waals surface area (Å²) in [5.74, 6) is 0.205. The molecule has 0 spiro atoms. The summed E-state index contributed by atoms with van der Waals surface area (Å²) in [5, 5.41) is 0. The van der Waals surface area contributed by atoms with Gasteiger partial charge in [-0.25, -0.2) is 4.39 Å². The highest BCUT2D eigenvalue weighted by Gasteiger charge is 2.09. The summed E-state index contributed by atoms with van der Waals surface area (Å²) in [4.78, 5) is 13.4. The molecule has 0 bridgehead atoms. The Morgan fingerprint density at radius 3 is 2.53 bits per heavy atom. The largest absolute Gasteiger partial charge is 0.292 e. The molecule has 0 amide bonds. The molecule has 1 aromatic carbocycles. The average molecular weight is 331 g/mol. The van der Waals surface area contributed by atoms with Crippen LogP contribution in [-0.2, 0) is 0 Å². The Morgan fingerprint density at radius 1 is 1.24 bits per heavy atom. The number of hydrogen-bond acceptors (Lipinski definition) is 3. The Balaban J connectivity index is 1.94. The Labute approximate surface area is 115 Å². The van der Waals surface area contributed by atoms with E-state index in [9.17, 15) is 9.18 Å². The minimum absolute atomic E-state index is 0.0926. The van der Waals surface area contributed by atoms with Crippen molar-refractivity contribution >= 4 is 44.8 Å². The lowest BCUT2D eigenvalue weighted by Crippen LogP contribution is -1.98. The van der Waals surface area contributed by atoms with Gasteiger partial charge < -0.3 is 0 Å². The predicted octanol–water partition coefficient (Wildman–Crippen LogP) is 4.62. The van der Waals surface area contributed by atoms with Crippen LogP contribution in [-0.4, -0.2) is 11.5 Å². The van der Waals surface area contributed by atoms with Crippen molar-refractivity contribution in [3.05, 3.63) is 50.9 Å². The van der Waals surface area contributed by atoms with Gasteiger partial charge in [-0.3, -0.25) is 4.79 Å². The van der Waals surface area contributed by atoms with Gasteiger partial charge in [0.2, 0.25) is 0 Å². The second-order valence-electron chi connectivity index (χ2n) is 3.27. The zero-order valence-electron chi connectivity index (χ0n) is 8.65. The number of benzene rings is 1. The number of hydrogen-bond donors (Lipinski definition) is 0. The summed E-state index contributed by atoms with van der Waals surface area (Å²) in [6.45, 7) is 0. The van der Waals surface area contributed by atoms with E-state index >= 15 is 0 Å². The fraction of sp³-hybridized carbons (Fsp3) is 0.0833. The average Bonchev–Trinajstić information content (AvgIpc) is 2.75. The van der Waals surface area contributed by atoms with E-state index in [1.807, 2.05) is 12.1 Å². The van der Waals surface area contributed by atoms with Crippen LogP contribution >= 0.6 is 39.0 Å². The molecule has 0 saturated carbocycles. The molecule has 0 N–H and O–H groups in total. The van der Waals surface area contributed by atoms with Gasteiger partial charge in [0.05, 0.1) is 14.4 Å². The molecule has 1 heterocycles. The number of halogens is 2. The molecule has 0 aliphatic carbocycles. The van der Waals surface area contributed by atoms with E-state index in [1.54, 1.807) is 12.1 Å². The van der Waals surface area contributed by atoms with Crippen molar-refractivity contribution in [1.82, 2.24) is 0 Å². The smallest absolute Gasteiger partial charge is 0.183 e. The zero-order valence-corrected chi connectivity index (χ0v) is 11.9. The molecule has 1 aromatic heterocycles. The second kappa shape index (κ2) is 5.80. The van der Waals surface area contributed by atoms with Gasteiger partial charge in [0, 0.05) is 4.90 Å². The van der Waals surface area contributed by atoms with Crippen molar-refractivity contribution in [2.24, 2.45) is 0 Å². The Bertz CT molecular complexity index is 522. The summed E-state index contributed by atoms with van der Waals surface area (Å²) >= 11 is 6.17. The maximum Gasteiger partial charge on any atom is 0.183 e. The summed E-state index contributed by atoms with van der Waals surface area (Å²) in [6.07, 6.45) is 0. The molecule has 2 rings (SSSR count). The quantitative estimate of drug-likeness (QED) is 0.600. The Kier molecular flexibility index (Phi) is 4.36. The van der Waals surface area contributed by atoms with E-state index in [4.69, 9.17) is 0 Å². The molecule has 0 aliphatic rings. The van der Waals surface area contributed by atoms with Crippen LogP contribution in [0.1, 0.15) is 9.67 Å². The molecule has 1 nitrogen and oxygen atoms in total. The molecule has 88 valence electrons. The molecule has 0 fully saturated rings. The lowest BCUT2D eigenvalue weighted by Gasteiger charge is -1.99. The number of thioether (sulfide) groups is 1. The number of Topliss-reactive ketones (excluding diaryl/α,β-unsaturated/α-hetero) is 1. The molecule has 0 unspecified atom stereocenters. The Morgan fingerprint density at radius 2 is 1.94 bits per heavy atom. The first-order valence-corrected chi connectivity index (χ1v) is 7.41. The fourth-order valence-corrected chi connectivity index (χ4v) is 3.41. The summed E-state index contributed by atoms with van der Waals surface area (Å²) in [6, 6.07) is 9.82. The van der Waals surface area contributed by atoms with Gasteiger partial charge in [0.25, 0.3) is 0 Å². The van der Waals surface area contributed by atoms with Crippen LogP contribution in [0.25, 0.3) is 0 Å². The van der Waals surface area contributed by atoms with E-state index < -0.39 is 0 Å². The number of ketones is 1. The van der Waals surface area contributed by atoms with E-state index in [1.165, 1.54) is 35.2 Å². The first kappa shape index (κ1) is 12.8. The maximum absolute atomic E-state index is 12.7. The lowest BCUT2D eigenvalue weighted by atomic mass is 10.3. The van der Waals surface area contributed by atoms with Crippen molar-refractivity contribution in [2.75, 3.05) is 5.75 Å².